The molecule has 3 N–H and O–H groups in total. The van der Waals surface area contributed by atoms with Crippen LogP contribution in [0.3, 0.4) is 0 Å². The Labute approximate surface area is 438 Å². The minimum atomic E-state index is -0.670. The van der Waals surface area contributed by atoms with Crippen molar-refractivity contribution in [3.05, 3.63) is 0 Å². The van der Waals surface area contributed by atoms with Gasteiger partial charge < -0.3 is 20.3 Å². The number of rotatable bonds is 61. The van der Waals surface area contributed by atoms with Crippen molar-refractivity contribution < 1.29 is 24.5 Å². The smallest absolute Gasteiger partial charge is 0.305 e. The largest absolute Gasteiger partial charge is 0.466 e. The average molecular weight is 991 g/mol. The third-order valence-electron chi connectivity index (χ3n) is 15.4. The maximum Gasteiger partial charge on any atom is 0.305 e. The van der Waals surface area contributed by atoms with Gasteiger partial charge >= 0.3 is 5.97 Å². The van der Waals surface area contributed by atoms with Crippen molar-refractivity contribution in [2.75, 3.05) is 13.2 Å². The molecule has 0 aromatic heterocycles. The summed E-state index contributed by atoms with van der Waals surface area (Å²) >= 11 is 0. The molecule has 0 bridgehead atoms. The first-order valence-electron chi connectivity index (χ1n) is 32.3. The fourth-order valence-corrected chi connectivity index (χ4v) is 10.5. The number of aliphatic hydroxyl groups excluding tert-OH is 2. The SMILES string of the molecule is CCCCCCCCCCCCCCCCCCCCCCCCCCC(O)C(CO)NC(=O)CCCCCCCCCCCCCCCCCOC(=O)CCCCCCCCCCCCCCCC. The van der Waals surface area contributed by atoms with E-state index in [4.69, 9.17) is 4.74 Å². The lowest BCUT2D eigenvalue weighted by molar-refractivity contribution is -0.143. The summed E-state index contributed by atoms with van der Waals surface area (Å²) in [7, 11) is 0. The molecule has 0 saturated heterocycles. The fraction of sp³-hybridized carbons (Fsp3) is 0.969. The quantitative estimate of drug-likeness (QED) is 0.0417. The van der Waals surface area contributed by atoms with E-state index < -0.39 is 12.1 Å². The summed E-state index contributed by atoms with van der Waals surface area (Å²) in [6.45, 7) is 4.98. The number of carbonyl (C=O) groups is 2. The van der Waals surface area contributed by atoms with Gasteiger partial charge in [-0.2, -0.15) is 0 Å². The number of nitrogens with one attached hydrogen (secondary N) is 1. The molecule has 0 radical (unpaired) electrons. The Morgan fingerprint density at radius 3 is 0.871 bits per heavy atom. The summed E-state index contributed by atoms with van der Waals surface area (Å²) in [5, 5.41) is 23.4. The highest BCUT2D eigenvalue weighted by molar-refractivity contribution is 5.76. The van der Waals surface area contributed by atoms with Crippen LogP contribution in [-0.4, -0.2) is 47.4 Å². The molecule has 0 aromatic rings. The fourth-order valence-electron chi connectivity index (χ4n) is 10.5. The minimum absolute atomic E-state index is 0.00464. The molecule has 6 nitrogen and oxygen atoms in total. The summed E-state index contributed by atoms with van der Waals surface area (Å²) in [5.41, 5.74) is 0. The zero-order valence-corrected chi connectivity index (χ0v) is 47.8. The number of unbranched alkanes of at least 4 members (excludes halogenated alkanes) is 50. The minimum Gasteiger partial charge on any atom is -0.466 e. The van der Waals surface area contributed by atoms with Crippen LogP contribution in [0.5, 0.6) is 0 Å². The Kier molecular flexibility index (Phi) is 59.4. The number of hydrogen-bond donors (Lipinski definition) is 3. The highest BCUT2D eigenvalue weighted by Crippen LogP contribution is 2.19. The number of esters is 1. The Morgan fingerprint density at radius 2 is 0.586 bits per heavy atom. The Balaban J connectivity index is 3.41. The molecule has 0 spiro atoms. The average Bonchev–Trinajstić information content (AvgIpc) is 3.36. The van der Waals surface area contributed by atoms with Crippen molar-refractivity contribution >= 4 is 11.9 Å². The number of ether oxygens (including phenoxy) is 1. The molecule has 0 aliphatic rings. The van der Waals surface area contributed by atoms with Gasteiger partial charge in [0.05, 0.1) is 25.4 Å². The first-order valence-corrected chi connectivity index (χ1v) is 32.3. The van der Waals surface area contributed by atoms with Gasteiger partial charge in [0.15, 0.2) is 0 Å². The molecule has 6 heteroatoms. The van der Waals surface area contributed by atoms with E-state index in [1.165, 1.54) is 295 Å². The molecule has 0 heterocycles. The van der Waals surface area contributed by atoms with Gasteiger partial charge in [-0.1, -0.05) is 335 Å². The lowest BCUT2D eigenvalue weighted by atomic mass is 10.0. The van der Waals surface area contributed by atoms with Crippen molar-refractivity contribution in [2.24, 2.45) is 0 Å². The second-order valence-corrected chi connectivity index (χ2v) is 22.5. The van der Waals surface area contributed by atoms with Crippen LogP contribution in [0.1, 0.15) is 373 Å². The van der Waals surface area contributed by atoms with E-state index >= 15 is 0 Å². The molecule has 418 valence electrons. The van der Waals surface area contributed by atoms with Crippen LogP contribution in [0.4, 0.5) is 0 Å². The topological polar surface area (TPSA) is 95.9 Å². The Morgan fingerprint density at radius 1 is 0.343 bits per heavy atom. The van der Waals surface area contributed by atoms with Crippen molar-refractivity contribution in [2.45, 2.75) is 386 Å². The van der Waals surface area contributed by atoms with E-state index in [-0.39, 0.29) is 18.5 Å². The normalized spacial score (nSPS) is 12.5. The molecule has 0 aliphatic heterocycles. The zero-order valence-electron chi connectivity index (χ0n) is 47.8. The van der Waals surface area contributed by atoms with E-state index in [0.717, 1.165) is 44.9 Å². The molecule has 0 aliphatic carbocycles. The van der Waals surface area contributed by atoms with Crippen LogP contribution < -0.4 is 5.32 Å². The highest BCUT2D eigenvalue weighted by Gasteiger charge is 2.20. The highest BCUT2D eigenvalue weighted by atomic mass is 16.5. The summed E-state index contributed by atoms with van der Waals surface area (Å²) in [4.78, 5) is 24.6. The Hall–Kier alpha value is -1.14. The van der Waals surface area contributed by atoms with E-state index in [0.29, 0.717) is 25.9 Å². The third-order valence-corrected chi connectivity index (χ3v) is 15.4. The molecular formula is C64H127NO5. The molecule has 2 atom stereocenters. The van der Waals surface area contributed by atoms with Gasteiger partial charge in [-0.05, 0) is 25.7 Å². The first kappa shape index (κ1) is 68.9. The predicted octanol–water partition coefficient (Wildman–Crippen LogP) is 20.3. The number of carbonyl (C=O) groups excluding carboxylic acids is 2. The molecule has 0 rings (SSSR count). The summed E-state index contributed by atoms with van der Waals surface area (Å²) in [5.74, 6) is -0.0334. The van der Waals surface area contributed by atoms with Gasteiger partial charge in [-0.3, -0.25) is 9.59 Å². The monoisotopic (exact) mass is 990 g/mol. The van der Waals surface area contributed by atoms with Gasteiger partial charge in [-0.25, -0.2) is 0 Å². The predicted molar refractivity (Wildman–Crippen MR) is 306 cm³/mol. The van der Waals surface area contributed by atoms with E-state index in [2.05, 4.69) is 19.2 Å². The lowest BCUT2D eigenvalue weighted by Gasteiger charge is -2.22. The lowest BCUT2D eigenvalue weighted by Crippen LogP contribution is -2.45. The molecule has 2 unspecified atom stereocenters. The van der Waals surface area contributed by atoms with Crippen LogP contribution in [0.15, 0.2) is 0 Å². The second kappa shape index (κ2) is 60.4. The van der Waals surface area contributed by atoms with Crippen LogP contribution >= 0.6 is 0 Å². The molecule has 1 amide bonds. The third kappa shape index (κ3) is 56.2. The van der Waals surface area contributed by atoms with Gasteiger partial charge in [-0.15, -0.1) is 0 Å². The molecule has 0 saturated carbocycles. The van der Waals surface area contributed by atoms with Crippen molar-refractivity contribution in [3.8, 4) is 0 Å². The maximum atomic E-state index is 12.5. The van der Waals surface area contributed by atoms with Gasteiger partial charge in [0.2, 0.25) is 5.91 Å². The Bertz CT molecular complexity index is 1010. The van der Waals surface area contributed by atoms with Gasteiger partial charge in [0.25, 0.3) is 0 Å². The second-order valence-electron chi connectivity index (χ2n) is 22.5. The molecule has 70 heavy (non-hydrogen) atoms. The summed E-state index contributed by atoms with van der Waals surface area (Å²) < 4.78 is 5.48. The number of aliphatic hydroxyl groups is 2. The van der Waals surface area contributed by atoms with Gasteiger partial charge in [0.1, 0.15) is 0 Å². The van der Waals surface area contributed by atoms with Crippen LogP contribution in [0.2, 0.25) is 0 Å². The van der Waals surface area contributed by atoms with E-state index in [9.17, 15) is 19.8 Å². The molecule has 0 fully saturated rings. The maximum absolute atomic E-state index is 12.5. The van der Waals surface area contributed by atoms with Crippen LogP contribution in [0.25, 0.3) is 0 Å². The van der Waals surface area contributed by atoms with Crippen LogP contribution in [0, 0.1) is 0 Å². The summed E-state index contributed by atoms with van der Waals surface area (Å²) in [6, 6.07) is -0.548. The van der Waals surface area contributed by atoms with Crippen molar-refractivity contribution in [3.63, 3.8) is 0 Å². The van der Waals surface area contributed by atoms with Crippen molar-refractivity contribution in [1.82, 2.24) is 5.32 Å². The molecular weight excluding hydrogens is 863 g/mol. The van der Waals surface area contributed by atoms with Gasteiger partial charge in [0, 0.05) is 12.8 Å². The molecule has 0 aromatic carbocycles. The standard InChI is InChI=1S/C64H127NO5/c1-3-5-7-9-11-13-15-17-19-20-21-22-23-24-25-26-27-29-32-36-40-44-48-52-56-62(67)61(60-66)65-63(68)57-53-49-45-41-37-33-30-28-31-35-39-43-47-51-55-59-70-64(69)58-54-50-46-42-38-34-18-16-14-12-10-8-6-4-2/h61-62,66-67H,3-60H2,1-2H3,(H,65,68). The number of hydrogen-bond acceptors (Lipinski definition) is 5. The van der Waals surface area contributed by atoms with Crippen LogP contribution in [-0.2, 0) is 14.3 Å². The van der Waals surface area contributed by atoms with E-state index in [1.54, 1.807) is 0 Å². The van der Waals surface area contributed by atoms with E-state index in [1.807, 2.05) is 0 Å². The first-order chi connectivity index (χ1) is 34.5. The number of amides is 1. The zero-order chi connectivity index (χ0) is 50.7. The summed E-state index contributed by atoms with van der Waals surface area (Å²) in [6.07, 6.45) is 71.1. The van der Waals surface area contributed by atoms with Crippen molar-refractivity contribution in [1.29, 1.82) is 0 Å².